The summed E-state index contributed by atoms with van der Waals surface area (Å²) in [6.07, 6.45) is -0.334. The molecule has 3 N–H and O–H groups in total. The SMILES string of the molecule is O=C(CCOCCOCCOCCOCCOCCOCCOCCOCCOCCC(=O)ON1C(=O)CCC1=O)NCC(C(=O)NCCC(=O)N1Cc2ccccc2C#Cc2ccccc21)S(=O)(=O)O. The van der Waals surface area contributed by atoms with Crippen molar-refractivity contribution >= 4 is 51.3 Å². The topological polar surface area (TPSA) is 280 Å². The second-order valence-corrected chi connectivity index (χ2v) is 16.9. The van der Waals surface area contributed by atoms with E-state index in [2.05, 4.69) is 22.5 Å². The Kier molecular flexibility index (Phi) is 27.9. The number of anilines is 1. The van der Waals surface area contributed by atoms with E-state index in [9.17, 15) is 41.7 Å². The predicted molar refractivity (Wildman–Crippen MR) is 250 cm³/mol. The Morgan fingerprint density at radius 2 is 1.01 bits per heavy atom. The van der Waals surface area contributed by atoms with Gasteiger partial charge in [-0.15, -0.1) is 5.06 Å². The summed E-state index contributed by atoms with van der Waals surface area (Å²) in [5, 5.41) is 3.23. The van der Waals surface area contributed by atoms with Crippen molar-refractivity contribution in [2.75, 3.05) is 137 Å². The van der Waals surface area contributed by atoms with Gasteiger partial charge in [-0.25, -0.2) is 4.79 Å². The molecule has 0 spiro atoms. The first-order chi connectivity index (χ1) is 34.4. The van der Waals surface area contributed by atoms with Gasteiger partial charge in [-0.3, -0.25) is 28.5 Å². The quantitative estimate of drug-likeness (QED) is 0.0354. The van der Waals surface area contributed by atoms with Crippen LogP contribution in [0.3, 0.4) is 0 Å². The van der Waals surface area contributed by atoms with Crippen LogP contribution in [0.1, 0.15) is 48.8 Å². The molecule has 392 valence electrons. The van der Waals surface area contributed by atoms with Gasteiger partial charge >= 0.3 is 5.97 Å². The number of hydroxylamine groups is 2. The third kappa shape index (κ3) is 23.6. The molecule has 0 bridgehead atoms. The Balaban J connectivity index is 0.876. The van der Waals surface area contributed by atoms with Gasteiger partial charge in [0.2, 0.25) is 17.7 Å². The molecular formula is C47H64N4O19S. The van der Waals surface area contributed by atoms with E-state index < -0.39 is 51.5 Å². The van der Waals surface area contributed by atoms with Crippen LogP contribution in [-0.4, -0.2) is 191 Å². The lowest BCUT2D eigenvalue weighted by atomic mass is 10.0. The van der Waals surface area contributed by atoms with Gasteiger partial charge in [0, 0.05) is 49.9 Å². The van der Waals surface area contributed by atoms with Crippen molar-refractivity contribution in [3.8, 4) is 11.8 Å². The number of imide groups is 1. The summed E-state index contributed by atoms with van der Waals surface area (Å²) >= 11 is 0. The Morgan fingerprint density at radius 3 is 1.52 bits per heavy atom. The molecule has 1 atom stereocenters. The number of ether oxygens (including phenoxy) is 9. The summed E-state index contributed by atoms with van der Waals surface area (Å²) in [5.74, 6) is 2.46. The lowest BCUT2D eigenvalue weighted by Gasteiger charge is -2.26. The van der Waals surface area contributed by atoms with Gasteiger partial charge in [0.05, 0.1) is 138 Å². The third-order valence-corrected chi connectivity index (χ3v) is 11.1. The van der Waals surface area contributed by atoms with E-state index in [1.165, 1.54) is 0 Å². The molecule has 71 heavy (non-hydrogen) atoms. The Morgan fingerprint density at radius 1 is 0.577 bits per heavy atom. The molecule has 1 unspecified atom stereocenters. The molecule has 0 aliphatic carbocycles. The maximum Gasteiger partial charge on any atom is 0.335 e. The molecule has 2 aromatic carbocycles. The number of carbonyl (C=O) groups is 6. The highest BCUT2D eigenvalue weighted by Gasteiger charge is 2.33. The molecule has 23 nitrogen and oxygen atoms in total. The molecule has 2 aliphatic rings. The van der Waals surface area contributed by atoms with Crippen molar-refractivity contribution in [2.24, 2.45) is 0 Å². The first-order valence-electron chi connectivity index (χ1n) is 23.2. The smallest absolute Gasteiger partial charge is 0.335 e. The van der Waals surface area contributed by atoms with E-state index >= 15 is 0 Å². The zero-order chi connectivity index (χ0) is 50.9. The first kappa shape index (κ1) is 58.1. The summed E-state index contributed by atoms with van der Waals surface area (Å²) in [7, 11) is -4.91. The van der Waals surface area contributed by atoms with Crippen molar-refractivity contribution in [2.45, 2.75) is 43.9 Å². The molecule has 5 amide bonds. The molecule has 1 fully saturated rings. The fourth-order valence-corrected chi connectivity index (χ4v) is 7.01. The van der Waals surface area contributed by atoms with Crippen LogP contribution in [0.15, 0.2) is 48.5 Å². The second kappa shape index (κ2) is 34.0. The van der Waals surface area contributed by atoms with Crippen LogP contribution in [0.2, 0.25) is 0 Å². The number of rotatable bonds is 38. The first-order valence-corrected chi connectivity index (χ1v) is 24.7. The van der Waals surface area contributed by atoms with Crippen LogP contribution in [0, 0.1) is 11.8 Å². The van der Waals surface area contributed by atoms with Crippen molar-refractivity contribution in [3.05, 3.63) is 65.2 Å². The minimum absolute atomic E-state index is 0.00314. The van der Waals surface area contributed by atoms with Crippen LogP contribution >= 0.6 is 0 Å². The molecule has 2 aliphatic heterocycles. The van der Waals surface area contributed by atoms with Crippen LogP contribution in [0.5, 0.6) is 0 Å². The van der Waals surface area contributed by atoms with Crippen LogP contribution < -0.4 is 15.5 Å². The highest BCUT2D eigenvalue weighted by Crippen LogP contribution is 2.26. The van der Waals surface area contributed by atoms with Gasteiger partial charge < -0.3 is 63.0 Å². The monoisotopic (exact) mass is 1020 g/mol. The zero-order valence-corrected chi connectivity index (χ0v) is 40.5. The molecule has 0 aromatic heterocycles. The van der Waals surface area contributed by atoms with E-state index in [-0.39, 0.29) is 84.1 Å². The van der Waals surface area contributed by atoms with Crippen LogP contribution in [0.25, 0.3) is 0 Å². The van der Waals surface area contributed by atoms with Crippen LogP contribution in [0.4, 0.5) is 5.69 Å². The molecule has 4 rings (SSSR count). The van der Waals surface area contributed by atoms with Crippen molar-refractivity contribution in [1.82, 2.24) is 15.7 Å². The molecule has 1 saturated heterocycles. The number of benzene rings is 2. The Bertz CT molecular complexity index is 2150. The number of hydrogen-bond donors (Lipinski definition) is 3. The van der Waals surface area contributed by atoms with E-state index in [1.807, 2.05) is 30.3 Å². The summed E-state index contributed by atoms with van der Waals surface area (Å²) in [5.41, 5.74) is 2.89. The van der Waals surface area contributed by atoms with Gasteiger partial charge in [-0.05, 0) is 23.8 Å². The minimum Gasteiger partial charge on any atom is -0.379 e. The number of carbonyl (C=O) groups excluding carboxylic acids is 6. The normalized spacial score (nSPS) is 13.6. The van der Waals surface area contributed by atoms with E-state index in [1.54, 1.807) is 23.1 Å². The maximum atomic E-state index is 13.4. The van der Waals surface area contributed by atoms with E-state index in [0.717, 1.165) is 11.1 Å². The number of amides is 5. The van der Waals surface area contributed by atoms with Crippen LogP contribution in [-0.2, 0) is 92.9 Å². The van der Waals surface area contributed by atoms with Crippen molar-refractivity contribution in [3.63, 3.8) is 0 Å². The van der Waals surface area contributed by atoms with Gasteiger partial charge in [0.25, 0.3) is 21.9 Å². The zero-order valence-electron chi connectivity index (χ0n) is 39.7. The fourth-order valence-electron chi connectivity index (χ4n) is 6.36. The van der Waals surface area contributed by atoms with Gasteiger partial charge in [0.1, 0.15) is 0 Å². The van der Waals surface area contributed by atoms with Crippen molar-refractivity contribution in [1.29, 1.82) is 0 Å². The number of fused-ring (bicyclic) bond motifs is 2. The number of nitrogens with zero attached hydrogens (tertiary/aromatic N) is 2. The lowest BCUT2D eigenvalue weighted by Crippen LogP contribution is -2.47. The van der Waals surface area contributed by atoms with Gasteiger partial charge in [0.15, 0.2) is 5.25 Å². The average molecular weight is 1020 g/mol. The second-order valence-electron chi connectivity index (χ2n) is 15.3. The summed E-state index contributed by atoms with van der Waals surface area (Å²) in [6, 6.07) is 14.6. The fraction of sp³-hybridized carbons (Fsp3) is 0.574. The van der Waals surface area contributed by atoms with E-state index in [0.29, 0.717) is 102 Å². The lowest BCUT2D eigenvalue weighted by molar-refractivity contribution is -0.198. The molecule has 0 radical (unpaired) electrons. The van der Waals surface area contributed by atoms with E-state index in [4.69, 9.17) is 47.5 Å². The average Bonchev–Trinajstić information content (AvgIpc) is 3.65. The summed E-state index contributed by atoms with van der Waals surface area (Å²) < 4.78 is 82.6. The highest BCUT2D eigenvalue weighted by molar-refractivity contribution is 7.87. The molecule has 2 aromatic rings. The number of hydrogen-bond acceptors (Lipinski definition) is 18. The standard InChI is InChI=1S/C47H64N4O19S/c52-42(49-35-41(71(58,59)60)47(57)48-16-13-43(53)50-36-39-7-2-1-5-37(39)9-10-38-6-3-4-8-40(38)50)14-17-61-19-21-63-23-25-65-27-29-67-31-33-69-34-32-68-30-28-66-26-24-64-22-20-62-18-15-46(56)70-51-44(54)11-12-45(51)55/h1-8,41H,11-36H2,(H,48,57)(H,49,52)(H,58,59,60). The van der Waals surface area contributed by atoms with Crippen molar-refractivity contribution < 1.29 is 89.2 Å². The highest BCUT2D eigenvalue weighted by atomic mass is 32.2. The predicted octanol–water partition coefficient (Wildman–Crippen LogP) is 0.349. The molecular weight excluding hydrogens is 957 g/mol. The number of nitrogens with one attached hydrogen (secondary N) is 2. The Hall–Kier alpha value is -5.43. The number of para-hydroxylation sites is 1. The summed E-state index contributed by atoms with van der Waals surface area (Å²) in [6.45, 7) is 4.87. The summed E-state index contributed by atoms with van der Waals surface area (Å²) in [4.78, 5) is 79.5. The Labute approximate surface area is 413 Å². The maximum absolute atomic E-state index is 13.4. The van der Waals surface area contributed by atoms with Gasteiger partial charge in [-0.2, -0.15) is 8.42 Å². The molecule has 24 heteroatoms. The largest absolute Gasteiger partial charge is 0.379 e. The van der Waals surface area contributed by atoms with Gasteiger partial charge in [-0.1, -0.05) is 42.2 Å². The molecule has 0 saturated carbocycles. The molecule has 2 heterocycles. The minimum atomic E-state index is -4.91. The third-order valence-electron chi connectivity index (χ3n) is 10.0.